The van der Waals surface area contributed by atoms with Crippen LogP contribution in [0.4, 0.5) is 0 Å². The van der Waals surface area contributed by atoms with E-state index in [9.17, 15) is 4.79 Å². The minimum atomic E-state index is -0.217. The molecule has 15 heavy (non-hydrogen) atoms. The van der Waals surface area contributed by atoms with Crippen LogP contribution in [-0.2, 0) is 22.7 Å². The van der Waals surface area contributed by atoms with Gasteiger partial charge >= 0.3 is 0 Å². The average molecular weight is 206 g/mol. The molecule has 0 radical (unpaired) electrons. The summed E-state index contributed by atoms with van der Waals surface area (Å²) < 4.78 is 1.86. The average Bonchev–Trinajstić information content (AvgIpc) is 2.82. The van der Waals surface area contributed by atoms with E-state index in [0.717, 1.165) is 30.5 Å². The smallest absolute Gasteiger partial charge is 0.132 e. The zero-order valence-corrected chi connectivity index (χ0v) is 9.87. The Morgan fingerprint density at radius 3 is 2.40 bits per heavy atom. The third-order valence-electron chi connectivity index (χ3n) is 3.17. The minimum Gasteiger partial charge on any atom is -0.302 e. The molecule has 2 rings (SSSR count). The summed E-state index contributed by atoms with van der Waals surface area (Å²) in [6.45, 7) is 6.42. The zero-order chi connectivity index (χ0) is 11.3. The molecule has 1 saturated carbocycles. The lowest BCUT2D eigenvalue weighted by atomic mass is 9.91. The van der Waals surface area contributed by atoms with E-state index in [1.807, 2.05) is 11.7 Å². The van der Waals surface area contributed by atoms with Crippen LogP contribution in [-0.4, -0.2) is 16.1 Å². The number of hydrogen-bond acceptors (Lipinski definition) is 2. The number of nitrogens with zero attached hydrogens (tertiary/aromatic N) is 2. The van der Waals surface area contributed by atoms with Gasteiger partial charge in [-0.2, -0.15) is 5.10 Å². The van der Waals surface area contributed by atoms with Crippen molar-refractivity contribution < 1.29 is 4.79 Å². The van der Waals surface area contributed by atoms with Gasteiger partial charge in [-0.25, -0.2) is 0 Å². The molecule has 82 valence electrons. The number of rotatable bonds is 2. The lowest BCUT2D eigenvalue weighted by Crippen LogP contribution is -2.13. The molecule has 0 aliphatic heterocycles. The Kier molecular flexibility index (Phi) is 2.04. The lowest BCUT2D eigenvalue weighted by Gasteiger charge is -2.13. The summed E-state index contributed by atoms with van der Waals surface area (Å²) in [7, 11) is 1.92. The van der Waals surface area contributed by atoms with Crippen molar-refractivity contribution in [1.29, 1.82) is 0 Å². The summed E-state index contributed by atoms with van der Waals surface area (Å²) >= 11 is 0. The van der Waals surface area contributed by atoms with Crippen molar-refractivity contribution in [2.24, 2.45) is 7.05 Å². The van der Waals surface area contributed by atoms with Crippen molar-refractivity contribution in [3.63, 3.8) is 0 Å². The van der Waals surface area contributed by atoms with Gasteiger partial charge < -0.3 is 4.79 Å². The van der Waals surface area contributed by atoms with E-state index in [0.29, 0.717) is 0 Å². The van der Waals surface area contributed by atoms with Crippen molar-refractivity contribution in [2.45, 2.75) is 44.4 Å². The van der Waals surface area contributed by atoms with Gasteiger partial charge in [0, 0.05) is 12.5 Å². The van der Waals surface area contributed by atoms with Crippen LogP contribution in [0.1, 0.15) is 45.0 Å². The van der Waals surface area contributed by atoms with Gasteiger partial charge in [0.05, 0.1) is 16.8 Å². The number of carbonyl (C=O) groups excluding carboxylic acids is 1. The zero-order valence-electron chi connectivity index (χ0n) is 9.87. The molecule has 3 heteroatoms. The number of aldehydes is 1. The maximum absolute atomic E-state index is 11.1. The first-order valence-corrected chi connectivity index (χ1v) is 5.40. The quantitative estimate of drug-likeness (QED) is 0.693. The molecule has 3 nitrogen and oxygen atoms in total. The van der Waals surface area contributed by atoms with E-state index < -0.39 is 0 Å². The Labute approximate surface area is 90.5 Å². The van der Waals surface area contributed by atoms with Crippen LogP contribution in [0.15, 0.2) is 6.07 Å². The largest absolute Gasteiger partial charge is 0.302 e. The molecule has 0 amide bonds. The summed E-state index contributed by atoms with van der Waals surface area (Å²) in [5.74, 6) is 0. The molecule has 0 bridgehead atoms. The Bertz CT molecular complexity index is 394. The third kappa shape index (κ3) is 1.60. The van der Waals surface area contributed by atoms with E-state index in [1.54, 1.807) is 0 Å². The Morgan fingerprint density at radius 1 is 1.47 bits per heavy atom. The molecule has 1 heterocycles. The molecule has 0 aromatic carbocycles. The van der Waals surface area contributed by atoms with E-state index in [1.165, 1.54) is 0 Å². The number of hydrogen-bond donors (Lipinski definition) is 0. The van der Waals surface area contributed by atoms with Gasteiger partial charge in [-0.15, -0.1) is 0 Å². The Balaban J connectivity index is 2.43. The van der Waals surface area contributed by atoms with Gasteiger partial charge in [-0.05, 0) is 18.9 Å². The fourth-order valence-electron chi connectivity index (χ4n) is 1.87. The van der Waals surface area contributed by atoms with Crippen molar-refractivity contribution in [2.75, 3.05) is 0 Å². The van der Waals surface area contributed by atoms with Gasteiger partial charge in [-0.3, -0.25) is 4.68 Å². The summed E-state index contributed by atoms with van der Waals surface area (Å²) in [4.78, 5) is 11.1. The molecule has 1 aromatic rings. The highest BCUT2D eigenvalue weighted by atomic mass is 16.1. The maximum Gasteiger partial charge on any atom is 0.132 e. The van der Waals surface area contributed by atoms with Crippen LogP contribution < -0.4 is 0 Å². The van der Waals surface area contributed by atoms with Crippen molar-refractivity contribution in [1.82, 2.24) is 9.78 Å². The standard InChI is InChI=1S/C12H18N2O/c1-11(2,3)9-7-10(14(4)13-9)12(8-15)5-6-12/h7-8H,5-6H2,1-4H3. The Morgan fingerprint density at radius 2 is 2.07 bits per heavy atom. The van der Waals surface area contributed by atoms with Crippen LogP contribution in [0.2, 0.25) is 0 Å². The fourth-order valence-corrected chi connectivity index (χ4v) is 1.87. The highest BCUT2D eigenvalue weighted by molar-refractivity contribution is 5.72. The first-order chi connectivity index (χ1) is 6.89. The first-order valence-electron chi connectivity index (χ1n) is 5.40. The van der Waals surface area contributed by atoms with Crippen molar-refractivity contribution >= 4 is 6.29 Å². The predicted octanol–water partition coefficient (Wildman–Crippen LogP) is 1.95. The van der Waals surface area contributed by atoms with Crippen LogP contribution >= 0.6 is 0 Å². The molecule has 1 aliphatic carbocycles. The topological polar surface area (TPSA) is 34.9 Å². The highest BCUT2D eigenvalue weighted by Gasteiger charge is 2.47. The molecule has 1 aliphatic rings. The SMILES string of the molecule is Cn1nc(C(C)(C)C)cc1C1(C=O)CC1. The molecule has 0 saturated heterocycles. The third-order valence-corrected chi connectivity index (χ3v) is 3.17. The first kappa shape index (κ1) is 10.4. The summed E-state index contributed by atoms with van der Waals surface area (Å²) in [6.07, 6.45) is 3.02. The van der Waals surface area contributed by atoms with Crippen LogP contribution in [0.5, 0.6) is 0 Å². The molecule has 0 spiro atoms. The lowest BCUT2D eigenvalue weighted by molar-refractivity contribution is -0.110. The molecular weight excluding hydrogens is 188 g/mol. The normalized spacial score (nSPS) is 18.9. The van der Waals surface area contributed by atoms with Crippen LogP contribution in [0.3, 0.4) is 0 Å². The van der Waals surface area contributed by atoms with E-state index in [-0.39, 0.29) is 10.8 Å². The summed E-state index contributed by atoms with van der Waals surface area (Å²) in [5.41, 5.74) is 1.97. The second-order valence-electron chi connectivity index (χ2n) is 5.56. The molecule has 0 N–H and O–H groups in total. The van der Waals surface area contributed by atoms with Gasteiger partial charge in [0.25, 0.3) is 0 Å². The Hall–Kier alpha value is -1.12. The molecule has 1 fully saturated rings. The van der Waals surface area contributed by atoms with Crippen molar-refractivity contribution in [3.05, 3.63) is 17.5 Å². The second kappa shape index (κ2) is 2.94. The summed E-state index contributed by atoms with van der Waals surface area (Å²) in [6, 6.07) is 2.08. The summed E-state index contributed by atoms with van der Waals surface area (Å²) in [5, 5.41) is 4.49. The monoisotopic (exact) mass is 206 g/mol. The van der Waals surface area contributed by atoms with E-state index in [2.05, 4.69) is 31.9 Å². The molecular formula is C12H18N2O. The van der Waals surface area contributed by atoms with Gasteiger partial charge in [0.15, 0.2) is 0 Å². The number of aromatic nitrogens is 2. The predicted molar refractivity (Wildman–Crippen MR) is 58.9 cm³/mol. The second-order valence-corrected chi connectivity index (χ2v) is 5.56. The molecule has 0 unspecified atom stereocenters. The molecule has 1 aromatic heterocycles. The van der Waals surface area contributed by atoms with E-state index in [4.69, 9.17) is 0 Å². The van der Waals surface area contributed by atoms with Crippen molar-refractivity contribution in [3.8, 4) is 0 Å². The van der Waals surface area contributed by atoms with Crippen LogP contribution in [0.25, 0.3) is 0 Å². The van der Waals surface area contributed by atoms with E-state index >= 15 is 0 Å². The van der Waals surface area contributed by atoms with Gasteiger partial charge in [0.1, 0.15) is 6.29 Å². The minimum absolute atomic E-state index is 0.0506. The van der Waals surface area contributed by atoms with Crippen LogP contribution in [0, 0.1) is 0 Å². The van der Waals surface area contributed by atoms with Gasteiger partial charge in [-0.1, -0.05) is 20.8 Å². The molecule has 0 atom stereocenters. The maximum atomic E-state index is 11.1. The number of carbonyl (C=O) groups is 1. The highest BCUT2D eigenvalue weighted by Crippen LogP contribution is 2.46. The number of aryl methyl sites for hydroxylation is 1. The van der Waals surface area contributed by atoms with Gasteiger partial charge in [0.2, 0.25) is 0 Å². The fraction of sp³-hybridized carbons (Fsp3) is 0.667.